The summed E-state index contributed by atoms with van der Waals surface area (Å²) in [5.74, 6) is -0.905. The van der Waals surface area contributed by atoms with E-state index in [0.717, 1.165) is 43.5 Å². The lowest BCUT2D eigenvalue weighted by Crippen LogP contribution is -2.35. The Kier molecular flexibility index (Phi) is 8.19. The average Bonchev–Trinajstić information content (AvgIpc) is 3.36. The standard InChI is InChI=1S/C22H22ClF3N8O2S/c1-11(32-19(35)15-7-18(31-10-30-15)33-12-2-4-27-5-3-12)21-29-9-16(37-21)20(36)34-17-6-13(22(24,25)26)14(23)8-28-17/h6-12,27H,2-5H2,1H3,(H,32,35)(H,28,34,36)(H,30,31,33). The van der Waals surface area contributed by atoms with Crippen LogP contribution in [0.2, 0.25) is 5.02 Å². The predicted molar refractivity (Wildman–Crippen MR) is 132 cm³/mol. The summed E-state index contributed by atoms with van der Waals surface area (Å²) in [6.45, 7) is 3.50. The zero-order chi connectivity index (χ0) is 26.6. The first-order chi connectivity index (χ1) is 17.6. The lowest BCUT2D eigenvalue weighted by atomic mass is 10.1. The molecule has 0 saturated carbocycles. The van der Waals surface area contributed by atoms with Crippen LogP contribution in [-0.4, -0.2) is 50.9 Å². The second-order valence-electron chi connectivity index (χ2n) is 8.22. The maximum absolute atomic E-state index is 13.1. The molecule has 1 unspecified atom stereocenters. The molecule has 10 nitrogen and oxygen atoms in total. The van der Waals surface area contributed by atoms with E-state index >= 15 is 0 Å². The number of pyridine rings is 1. The fraction of sp³-hybridized carbons (Fsp3) is 0.364. The van der Waals surface area contributed by atoms with E-state index in [2.05, 4.69) is 41.2 Å². The van der Waals surface area contributed by atoms with Gasteiger partial charge in [-0.3, -0.25) is 9.59 Å². The number of amides is 2. The molecule has 37 heavy (non-hydrogen) atoms. The van der Waals surface area contributed by atoms with Gasteiger partial charge in [0.1, 0.15) is 33.5 Å². The number of hydrogen-bond acceptors (Lipinski definition) is 9. The monoisotopic (exact) mass is 554 g/mol. The van der Waals surface area contributed by atoms with E-state index in [1.54, 1.807) is 13.0 Å². The van der Waals surface area contributed by atoms with Crippen LogP contribution < -0.4 is 21.3 Å². The molecule has 2 amide bonds. The Balaban J connectivity index is 1.37. The number of carbonyl (C=O) groups excluding carboxylic acids is 2. The number of nitrogens with one attached hydrogen (secondary N) is 4. The van der Waals surface area contributed by atoms with Crippen molar-refractivity contribution in [2.75, 3.05) is 23.7 Å². The van der Waals surface area contributed by atoms with Crippen molar-refractivity contribution in [1.82, 2.24) is 30.6 Å². The zero-order valence-electron chi connectivity index (χ0n) is 19.4. The molecule has 0 spiro atoms. The molecular weight excluding hydrogens is 533 g/mol. The van der Waals surface area contributed by atoms with Gasteiger partial charge >= 0.3 is 6.18 Å². The fourth-order valence-corrected chi connectivity index (χ4v) is 4.59. The van der Waals surface area contributed by atoms with Gasteiger partial charge in [-0.15, -0.1) is 11.3 Å². The Morgan fingerprint density at radius 3 is 2.57 bits per heavy atom. The molecule has 15 heteroatoms. The van der Waals surface area contributed by atoms with Crippen molar-refractivity contribution < 1.29 is 22.8 Å². The predicted octanol–water partition coefficient (Wildman–Crippen LogP) is 3.91. The van der Waals surface area contributed by atoms with Crippen molar-refractivity contribution in [3.05, 3.63) is 57.0 Å². The highest BCUT2D eigenvalue weighted by Gasteiger charge is 2.34. The molecule has 4 N–H and O–H groups in total. The molecule has 0 aromatic carbocycles. The molecule has 0 aliphatic carbocycles. The molecule has 1 fully saturated rings. The molecule has 1 saturated heterocycles. The maximum Gasteiger partial charge on any atom is 0.418 e. The number of halogens is 4. The number of carbonyl (C=O) groups is 2. The van der Waals surface area contributed by atoms with Crippen molar-refractivity contribution in [1.29, 1.82) is 0 Å². The van der Waals surface area contributed by atoms with Crippen LogP contribution in [-0.2, 0) is 6.18 Å². The maximum atomic E-state index is 13.1. The van der Waals surface area contributed by atoms with E-state index in [0.29, 0.717) is 16.9 Å². The molecule has 4 heterocycles. The van der Waals surface area contributed by atoms with Gasteiger partial charge in [0, 0.05) is 18.3 Å². The van der Waals surface area contributed by atoms with Gasteiger partial charge in [0.25, 0.3) is 11.8 Å². The summed E-state index contributed by atoms with van der Waals surface area (Å²) >= 11 is 6.54. The van der Waals surface area contributed by atoms with Gasteiger partial charge in [-0.25, -0.2) is 19.9 Å². The third-order valence-electron chi connectivity index (χ3n) is 5.46. The van der Waals surface area contributed by atoms with Gasteiger partial charge in [-0.1, -0.05) is 11.6 Å². The highest BCUT2D eigenvalue weighted by molar-refractivity contribution is 7.13. The lowest BCUT2D eigenvalue weighted by Gasteiger charge is -2.24. The van der Waals surface area contributed by atoms with E-state index in [-0.39, 0.29) is 22.4 Å². The Morgan fingerprint density at radius 1 is 1.08 bits per heavy atom. The number of piperidine rings is 1. The van der Waals surface area contributed by atoms with Gasteiger partial charge in [0.2, 0.25) is 0 Å². The van der Waals surface area contributed by atoms with Gasteiger partial charge in [0.15, 0.2) is 0 Å². The summed E-state index contributed by atoms with van der Waals surface area (Å²) in [5, 5.41) is 11.5. The summed E-state index contributed by atoms with van der Waals surface area (Å²) in [5.41, 5.74) is -0.943. The summed E-state index contributed by atoms with van der Waals surface area (Å²) < 4.78 is 39.2. The van der Waals surface area contributed by atoms with E-state index in [4.69, 9.17) is 11.6 Å². The molecule has 196 valence electrons. The van der Waals surface area contributed by atoms with E-state index < -0.39 is 34.6 Å². The zero-order valence-corrected chi connectivity index (χ0v) is 21.0. The lowest BCUT2D eigenvalue weighted by molar-refractivity contribution is -0.137. The van der Waals surface area contributed by atoms with Crippen molar-refractivity contribution in [2.45, 2.75) is 38.0 Å². The summed E-state index contributed by atoms with van der Waals surface area (Å²) in [7, 11) is 0. The first kappa shape index (κ1) is 26.7. The Morgan fingerprint density at radius 2 is 1.84 bits per heavy atom. The van der Waals surface area contributed by atoms with Crippen LogP contribution in [0.3, 0.4) is 0 Å². The number of aromatic nitrogens is 4. The molecular formula is C22H22ClF3N8O2S. The smallest absolute Gasteiger partial charge is 0.367 e. The largest absolute Gasteiger partial charge is 0.418 e. The second kappa shape index (κ2) is 11.4. The summed E-state index contributed by atoms with van der Waals surface area (Å²) in [4.78, 5) is 41.5. The minimum Gasteiger partial charge on any atom is -0.367 e. The minimum absolute atomic E-state index is 0.122. The number of alkyl halides is 3. The molecule has 0 bridgehead atoms. The van der Waals surface area contributed by atoms with Crippen LogP contribution in [0.25, 0.3) is 0 Å². The number of rotatable bonds is 7. The van der Waals surface area contributed by atoms with Crippen LogP contribution in [0, 0.1) is 0 Å². The van der Waals surface area contributed by atoms with E-state index in [1.165, 1.54) is 12.5 Å². The van der Waals surface area contributed by atoms with Crippen molar-refractivity contribution in [2.24, 2.45) is 0 Å². The van der Waals surface area contributed by atoms with Crippen LogP contribution in [0.4, 0.5) is 24.8 Å². The summed E-state index contributed by atoms with van der Waals surface area (Å²) in [6.07, 6.45) is 0.586. The Labute approximate surface area is 218 Å². The third-order valence-corrected chi connectivity index (χ3v) is 6.94. The number of hydrogen-bond donors (Lipinski definition) is 4. The van der Waals surface area contributed by atoms with Gasteiger partial charge in [-0.2, -0.15) is 13.2 Å². The third kappa shape index (κ3) is 6.90. The van der Waals surface area contributed by atoms with Crippen LogP contribution in [0.15, 0.2) is 30.9 Å². The molecule has 1 aliphatic rings. The van der Waals surface area contributed by atoms with Crippen LogP contribution in [0.5, 0.6) is 0 Å². The highest BCUT2D eigenvalue weighted by Crippen LogP contribution is 2.35. The van der Waals surface area contributed by atoms with E-state index in [1.807, 2.05) is 0 Å². The Bertz CT molecular complexity index is 1280. The second-order valence-corrected chi connectivity index (χ2v) is 9.69. The van der Waals surface area contributed by atoms with Gasteiger partial charge in [-0.05, 0) is 38.9 Å². The first-order valence-corrected chi connectivity index (χ1v) is 12.4. The van der Waals surface area contributed by atoms with Crippen molar-refractivity contribution in [3.63, 3.8) is 0 Å². The van der Waals surface area contributed by atoms with Crippen LogP contribution >= 0.6 is 22.9 Å². The highest BCUT2D eigenvalue weighted by atomic mass is 35.5. The van der Waals surface area contributed by atoms with E-state index in [9.17, 15) is 22.8 Å². The fourth-order valence-electron chi connectivity index (χ4n) is 3.56. The van der Waals surface area contributed by atoms with Gasteiger partial charge in [0.05, 0.1) is 22.8 Å². The molecule has 1 atom stereocenters. The van der Waals surface area contributed by atoms with Crippen LogP contribution in [0.1, 0.15) is 56.5 Å². The van der Waals surface area contributed by atoms with Crippen molar-refractivity contribution in [3.8, 4) is 0 Å². The van der Waals surface area contributed by atoms with Crippen molar-refractivity contribution >= 4 is 46.4 Å². The molecule has 3 aromatic heterocycles. The topological polar surface area (TPSA) is 134 Å². The molecule has 0 radical (unpaired) electrons. The number of anilines is 2. The van der Waals surface area contributed by atoms with Gasteiger partial charge < -0.3 is 21.3 Å². The minimum atomic E-state index is -4.70. The molecule has 3 aromatic rings. The number of nitrogens with zero attached hydrogens (tertiary/aromatic N) is 4. The molecule has 4 rings (SSSR count). The SMILES string of the molecule is CC(NC(=O)c1cc(NC2CCNCC2)ncn1)c1ncc(C(=O)Nc2cc(C(F)(F)F)c(Cl)cn2)s1. The average molecular weight is 555 g/mol. The summed E-state index contributed by atoms with van der Waals surface area (Å²) in [6, 6.07) is 1.91. The Hall–Kier alpha value is -3.36. The first-order valence-electron chi connectivity index (χ1n) is 11.2. The normalized spacial score (nSPS) is 15.2. The quantitative estimate of drug-likeness (QED) is 0.345. The molecule has 1 aliphatic heterocycles. The number of thiazole rings is 1.